The quantitative estimate of drug-likeness (QED) is 0.112. The Balaban J connectivity index is 3.20. The molecule has 1 rings (SSSR count). The molecule has 182 valence electrons. The van der Waals surface area contributed by atoms with Gasteiger partial charge in [0.2, 0.25) is 0 Å². The van der Waals surface area contributed by atoms with Crippen LogP contribution < -0.4 is 21.9 Å². The van der Waals surface area contributed by atoms with E-state index in [0.717, 1.165) is 28.8 Å². The van der Waals surface area contributed by atoms with E-state index in [9.17, 15) is 4.39 Å². The third kappa shape index (κ3) is 8.71. The Kier molecular flexibility index (Phi) is 12.8. The first kappa shape index (κ1) is 29.0. The number of aryl methyl sites for hydroxylation is 1. The van der Waals surface area contributed by atoms with Gasteiger partial charge in [-0.2, -0.15) is 4.39 Å². The van der Waals surface area contributed by atoms with Gasteiger partial charge < -0.3 is 16.8 Å². The largest absolute Gasteiger partial charge is 0.400 e. The maximum Gasteiger partial charge on any atom is 0.176 e. The van der Waals surface area contributed by atoms with E-state index in [-0.39, 0.29) is 0 Å². The zero-order chi connectivity index (χ0) is 25.7. The van der Waals surface area contributed by atoms with Crippen LogP contribution in [0.25, 0.3) is 4.91 Å². The first-order valence-electron chi connectivity index (χ1n) is 10.9. The second-order valence-electron chi connectivity index (χ2n) is 7.67. The zero-order valence-corrected chi connectivity index (χ0v) is 21.4. The number of nitrogens with two attached hydrogens (primary N) is 3. The number of rotatable bonds is 12. The Morgan fingerprint density at radius 1 is 1.29 bits per heavy atom. The van der Waals surface area contributed by atoms with Crippen LogP contribution in [-0.2, 0) is 0 Å². The van der Waals surface area contributed by atoms with E-state index in [1.165, 1.54) is 6.08 Å². The van der Waals surface area contributed by atoms with Gasteiger partial charge in [0.15, 0.2) is 5.83 Å². The summed E-state index contributed by atoms with van der Waals surface area (Å²) in [4.78, 5) is 4.86. The lowest BCUT2D eigenvalue weighted by atomic mass is 9.99. The minimum Gasteiger partial charge on any atom is -0.400 e. The van der Waals surface area contributed by atoms with E-state index in [2.05, 4.69) is 35.3 Å². The lowest BCUT2D eigenvalue weighted by molar-refractivity contribution is 0.595. The zero-order valence-electron chi connectivity index (χ0n) is 20.5. The van der Waals surface area contributed by atoms with Crippen LogP contribution in [0.3, 0.4) is 0 Å². The molecule has 0 saturated heterocycles. The Labute approximate surface area is 208 Å². The SMILES string of the molecule is C=C/C(CCCNC(C(=C)/C(N)=C(/SN)c1ccc(C)cc1)C(N)=CC(C)=NC)=C(/F)C#CC. The van der Waals surface area contributed by atoms with Gasteiger partial charge in [-0.25, -0.2) is 0 Å². The van der Waals surface area contributed by atoms with E-state index in [1.807, 2.05) is 38.1 Å². The molecule has 7 N–H and O–H groups in total. The van der Waals surface area contributed by atoms with Crippen molar-refractivity contribution in [3.05, 3.63) is 89.1 Å². The molecule has 34 heavy (non-hydrogen) atoms. The number of allylic oxidation sites excluding steroid dienone is 4. The number of hydrogen-bond donors (Lipinski definition) is 4. The Morgan fingerprint density at radius 2 is 1.94 bits per heavy atom. The molecule has 1 atom stereocenters. The predicted molar refractivity (Wildman–Crippen MR) is 147 cm³/mol. The van der Waals surface area contributed by atoms with Gasteiger partial charge in [0.25, 0.3) is 0 Å². The van der Waals surface area contributed by atoms with E-state index < -0.39 is 11.9 Å². The second kappa shape index (κ2) is 15.0. The molecule has 5 nitrogen and oxygen atoms in total. The van der Waals surface area contributed by atoms with Crippen molar-refractivity contribution in [1.29, 1.82) is 0 Å². The van der Waals surface area contributed by atoms with Gasteiger partial charge >= 0.3 is 0 Å². The highest BCUT2D eigenvalue weighted by molar-refractivity contribution is 8.06. The maximum atomic E-state index is 14.0. The molecule has 0 saturated carbocycles. The van der Waals surface area contributed by atoms with E-state index >= 15 is 0 Å². The molecule has 0 amide bonds. The Hall–Kier alpha value is -3.05. The van der Waals surface area contributed by atoms with Gasteiger partial charge in [0, 0.05) is 18.5 Å². The van der Waals surface area contributed by atoms with Crippen molar-refractivity contribution in [3.8, 4) is 11.8 Å². The molecule has 0 spiro atoms. The summed E-state index contributed by atoms with van der Waals surface area (Å²) in [6, 6.07) is 7.48. The lowest BCUT2D eigenvalue weighted by Gasteiger charge is -2.24. The van der Waals surface area contributed by atoms with Crippen molar-refractivity contribution >= 4 is 22.6 Å². The number of halogens is 1. The summed E-state index contributed by atoms with van der Waals surface area (Å²) in [5.74, 6) is 4.55. The standard InChI is InChI=1S/C27H36FN5S/c1-7-10-23(28)21(8-2)11-9-16-33-26(24(29)17-19(4)32-6)20(5)25(30)27(34-31)22-14-12-18(3)13-15-22/h8,12-15,17,26,33H,2,5,9,11,16,29-31H2,1,3-4,6H3/b23-21-,24-17?,27-25-,32-19?. The Bertz CT molecular complexity index is 1050. The first-order chi connectivity index (χ1) is 16.2. The fraction of sp³-hybridized carbons (Fsp3) is 0.296. The van der Waals surface area contributed by atoms with Gasteiger partial charge in [-0.05, 0) is 80.8 Å². The molecule has 0 heterocycles. The lowest BCUT2D eigenvalue weighted by Crippen LogP contribution is -2.38. The Morgan fingerprint density at radius 3 is 2.47 bits per heavy atom. The maximum absolute atomic E-state index is 14.0. The molecule has 0 aliphatic rings. The molecule has 1 unspecified atom stereocenters. The topological polar surface area (TPSA) is 102 Å². The minimum absolute atomic E-state index is 0.451. The highest BCUT2D eigenvalue weighted by Gasteiger charge is 2.20. The van der Waals surface area contributed by atoms with Crippen LogP contribution in [0, 0.1) is 18.8 Å². The van der Waals surface area contributed by atoms with Gasteiger partial charge in [-0.1, -0.05) is 55.0 Å². The summed E-state index contributed by atoms with van der Waals surface area (Å²) in [5.41, 5.74) is 17.8. The van der Waals surface area contributed by atoms with Gasteiger partial charge in [0.1, 0.15) is 0 Å². The van der Waals surface area contributed by atoms with Gasteiger partial charge in [-0.3, -0.25) is 10.1 Å². The third-order valence-corrected chi connectivity index (χ3v) is 5.86. The number of aliphatic imine (C=N–C) groups is 1. The number of hydrogen-bond acceptors (Lipinski definition) is 6. The number of benzene rings is 1. The average molecular weight is 482 g/mol. The van der Waals surface area contributed by atoms with Crippen molar-refractivity contribution < 1.29 is 4.39 Å². The highest BCUT2D eigenvalue weighted by atomic mass is 32.2. The molecule has 1 aromatic rings. The van der Waals surface area contributed by atoms with E-state index in [0.29, 0.717) is 46.8 Å². The monoisotopic (exact) mass is 481 g/mol. The summed E-state index contributed by atoms with van der Waals surface area (Å²) < 4.78 is 14.0. The fourth-order valence-electron chi connectivity index (χ4n) is 3.14. The molecule has 0 aliphatic heterocycles. The van der Waals surface area contributed by atoms with Crippen LogP contribution in [0.15, 0.2) is 82.9 Å². The van der Waals surface area contributed by atoms with Crippen LogP contribution >= 0.6 is 11.9 Å². The van der Waals surface area contributed by atoms with Crippen LogP contribution in [0.1, 0.15) is 37.8 Å². The average Bonchev–Trinajstić information content (AvgIpc) is 2.82. The first-order valence-corrected chi connectivity index (χ1v) is 11.8. The fourth-order valence-corrected chi connectivity index (χ4v) is 3.67. The summed E-state index contributed by atoms with van der Waals surface area (Å²) >= 11 is 1.07. The molecule has 0 aliphatic carbocycles. The van der Waals surface area contributed by atoms with Crippen molar-refractivity contribution in [2.75, 3.05) is 13.6 Å². The minimum atomic E-state index is -0.458. The second-order valence-corrected chi connectivity index (χ2v) is 8.31. The van der Waals surface area contributed by atoms with Crippen molar-refractivity contribution in [1.82, 2.24) is 5.32 Å². The van der Waals surface area contributed by atoms with Gasteiger partial charge in [-0.15, -0.1) is 0 Å². The normalized spacial score (nSPS) is 14.4. The summed E-state index contributed by atoms with van der Waals surface area (Å²) in [6.07, 6.45) is 4.40. The van der Waals surface area contributed by atoms with Crippen LogP contribution in [-0.4, -0.2) is 25.3 Å². The molecule has 0 aromatic heterocycles. The molecular weight excluding hydrogens is 445 g/mol. The van der Waals surface area contributed by atoms with E-state index in [4.69, 9.17) is 16.6 Å². The molecule has 7 heteroatoms. The van der Waals surface area contributed by atoms with E-state index in [1.54, 1.807) is 20.0 Å². The smallest absolute Gasteiger partial charge is 0.176 e. The predicted octanol–water partition coefficient (Wildman–Crippen LogP) is 4.89. The summed E-state index contributed by atoms with van der Waals surface area (Å²) in [6.45, 7) is 13.9. The number of nitrogens with one attached hydrogen (secondary N) is 1. The number of nitrogens with zero attached hydrogens (tertiary/aromatic N) is 1. The molecule has 0 bridgehead atoms. The molecular formula is C27H36FN5S. The molecule has 0 fully saturated rings. The summed E-state index contributed by atoms with van der Waals surface area (Å²) in [7, 11) is 1.70. The third-order valence-electron chi connectivity index (χ3n) is 5.17. The summed E-state index contributed by atoms with van der Waals surface area (Å²) in [5, 5.41) is 9.37. The molecule has 0 radical (unpaired) electrons. The van der Waals surface area contributed by atoms with Crippen LogP contribution in [0.2, 0.25) is 0 Å². The highest BCUT2D eigenvalue weighted by Crippen LogP contribution is 2.29. The van der Waals surface area contributed by atoms with Crippen molar-refractivity contribution in [2.24, 2.45) is 21.6 Å². The van der Waals surface area contributed by atoms with Crippen molar-refractivity contribution in [3.63, 3.8) is 0 Å². The van der Waals surface area contributed by atoms with Crippen molar-refractivity contribution in [2.45, 2.75) is 39.7 Å². The van der Waals surface area contributed by atoms with Crippen LogP contribution in [0.4, 0.5) is 4.39 Å². The molecule has 1 aromatic carbocycles. The van der Waals surface area contributed by atoms with Crippen LogP contribution in [0.5, 0.6) is 0 Å². The van der Waals surface area contributed by atoms with Gasteiger partial charge in [0.05, 0.1) is 16.6 Å².